The van der Waals surface area contributed by atoms with Crippen molar-refractivity contribution in [3.8, 4) is 11.8 Å². The lowest BCUT2D eigenvalue weighted by atomic mass is 9.98. The fourth-order valence-electron chi connectivity index (χ4n) is 2.30. The fourth-order valence-corrected chi connectivity index (χ4v) is 2.84. The van der Waals surface area contributed by atoms with Gasteiger partial charge in [0.1, 0.15) is 17.4 Å². The molecule has 1 aromatic carbocycles. The highest BCUT2D eigenvalue weighted by molar-refractivity contribution is 14.1. The normalized spacial score (nSPS) is 16.6. The molecule has 0 bridgehead atoms. The number of phenolic OH excluding ortho intramolecular Hbond substituents is 1. The maximum absolute atomic E-state index is 12.4. The number of benzene rings is 1. The third kappa shape index (κ3) is 3.97. The molecule has 1 aromatic rings. The van der Waals surface area contributed by atoms with Crippen LogP contribution in [0.3, 0.4) is 0 Å². The number of rotatable bonds is 2. The van der Waals surface area contributed by atoms with Gasteiger partial charge in [0.25, 0.3) is 5.91 Å². The maximum Gasteiger partial charge on any atom is 0.264 e. The molecule has 1 aliphatic heterocycles. The number of nitrogens with zero attached hydrogens (tertiary/aromatic N) is 2. The summed E-state index contributed by atoms with van der Waals surface area (Å²) >= 11 is 2.01. The Morgan fingerprint density at radius 3 is 2.71 bits per heavy atom. The van der Waals surface area contributed by atoms with E-state index in [4.69, 9.17) is 0 Å². The lowest BCUT2D eigenvalue weighted by molar-refractivity contribution is -0.127. The summed E-state index contributed by atoms with van der Waals surface area (Å²) in [5.74, 6) is 0.636. The van der Waals surface area contributed by atoms with Crippen molar-refractivity contribution in [3.05, 3.63) is 32.9 Å². The van der Waals surface area contributed by atoms with E-state index in [1.807, 2.05) is 28.7 Å². The van der Waals surface area contributed by atoms with Crippen molar-refractivity contribution in [1.29, 1.82) is 5.26 Å². The number of aromatic hydroxyl groups is 1. The Bertz CT molecular complexity index is 611. The summed E-state index contributed by atoms with van der Waals surface area (Å²) in [5.41, 5.74) is 0.888. The summed E-state index contributed by atoms with van der Waals surface area (Å²) < 4.78 is 0.692. The van der Waals surface area contributed by atoms with Crippen LogP contribution >= 0.6 is 22.6 Å². The molecule has 1 amide bonds. The fraction of sp³-hybridized carbons (Fsp3) is 0.375. The van der Waals surface area contributed by atoms with Gasteiger partial charge in [0.15, 0.2) is 0 Å². The topological polar surface area (TPSA) is 64.3 Å². The van der Waals surface area contributed by atoms with E-state index >= 15 is 0 Å². The van der Waals surface area contributed by atoms with E-state index < -0.39 is 0 Å². The van der Waals surface area contributed by atoms with E-state index in [1.54, 1.807) is 29.2 Å². The standard InChI is InChI=1S/C16H17IN2O2/c1-11-4-6-19(7-5-11)16(21)13(10-18)8-12-2-3-15(20)14(17)9-12/h2-3,8-9,11,20H,4-7H2,1H3/b13-8-. The van der Waals surface area contributed by atoms with Crippen molar-refractivity contribution in [2.24, 2.45) is 5.92 Å². The number of carbonyl (C=O) groups excluding carboxylic acids is 1. The number of halogens is 1. The Hall–Kier alpha value is -1.55. The summed E-state index contributed by atoms with van der Waals surface area (Å²) in [6.45, 7) is 3.61. The Labute approximate surface area is 138 Å². The highest BCUT2D eigenvalue weighted by Gasteiger charge is 2.22. The number of hydrogen-bond donors (Lipinski definition) is 1. The first-order valence-electron chi connectivity index (χ1n) is 6.91. The number of amides is 1. The first-order chi connectivity index (χ1) is 10.0. The monoisotopic (exact) mass is 396 g/mol. The van der Waals surface area contributed by atoms with Gasteiger partial charge in [-0.2, -0.15) is 5.26 Å². The largest absolute Gasteiger partial charge is 0.507 e. The van der Waals surface area contributed by atoms with Gasteiger partial charge >= 0.3 is 0 Å². The van der Waals surface area contributed by atoms with Gasteiger partial charge < -0.3 is 10.0 Å². The van der Waals surface area contributed by atoms with Crippen LogP contribution in [-0.4, -0.2) is 29.0 Å². The predicted molar refractivity (Wildman–Crippen MR) is 89.4 cm³/mol. The van der Waals surface area contributed by atoms with Gasteiger partial charge in [-0.3, -0.25) is 4.79 Å². The molecule has 0 unspecified atom stereocenters. The molecule has 0 spiro atoms. The Balaban J connectivity index is 2.18. The van der Waals surface area contributed by atoms with Gasteiger partial charge in [0.2, 0.25) is 0 Å². The number of carbonyl (C=O) groups is 1. The molecular weight excluding hydrogens is 379 g/mol. The van der Waals surface area contributed by atoms with Gasteiger partial charge in [0.05, 0.1) is 3.57 Å². The summed E-state index contributed by atoms with van der Waals surface area (Å²) in [6, 6.07) is 7.01. The lowest BCUT2D eigenvalue weighted by Gasteiger charge is -2.30. The molecule has 5 heteroatoms. The highest BCUT2D eigenvalue weighted by atomic mass is 127. The molecule has 0 aromatic heterocycles. The third-order valence-electron chi connectivity index (χ3n) is 3.70. The van der Waals surface area contributed by atoms with E-state index in [1.165, 1.54) is 0 Å². The molecule has 1 N–H and O–H groups in total. The molecule has 110 valence electrons. The van der Waals surface area contributed by atoms with Gasteiger partial charge in [-0.25, -0.2) is 0 Å². The highest BCUT2D eigenvalue weighted by Crippen LogP contribution is 2.22. The molecule has 0 atom stereocenters. The van der Waals surface area contributed by atoms with Crippen LogP contribution in [0.5, 0.6) is 5.75 Å². The second-order valence-corrected chi connectivity index (χ2v) is 6.52. The quantitative estimate of drug-likeness (QED) is 0.475. The van der Waals surface area contributed by atoms with E-state index in [0.29, 0.717) is 22.6 Å². The predicted octanol–water partition coefficient (Wildman–Crippen LogP) is 3.16. The number of hydrogen-bond acceptors (Lipinski definition) is 3. The molecule has 1 saturated heterocycles. The zero-order valence-electron chi connectivity index (χ0n) is 11.8. The van der Waals surface area contributed by atoms with Crippen LogP contribution in [0.2, 0.25) is 0 Å². The van der Waals surface area contributed by atoms with Crippen molar-refractivity contribution in [2.45, 2.75) is 19.8 Å². The minimum atomic E-state index is -0.201. The molecule has 0 radical (unpaired) electrons. The van der Waals surface area contributed by atoms with Crippen LogP contribution < -0.4 is 0 Å². The number of phenols is 1. The molecule has 0 aliphatic carbocycles. The van der Waals surface area contributed by atoms with Gasteiger partial charge in [-0.1, -0.05) is 13.0 Å². The number of likely N-dealkylation sites (tertiary alicyclic amines) is 1. The first kappa shape index (κ1) is 15.8. The Morgan fingerprint density at radius 1 is 1.48 bits per heavy atom. The SMILES string of the molecule is CC1CCN(C(=O)/C(C#N)=C\c2ccc(O)c(I)c2)CC1. The molecule has 1 fully saturated rings. The van der Waals surface area contributed by atoms with Gasteiger partial charge in [0, 0.05) is 13.1 Å². The zero-order chi connectivity index (χ0) is 15.4. The van der Waals surface area contributed by atoms with E-state index in [0.717, 1.165) is 18.4 Å². The summed E-state index contributed by atoms with van der Waals surface area (Å²) in [7, 11) is 0. The zero-order valence-corrected chi connectivity index (χ0v) is 14.0. The molecule has 1 heterocycles. The summed E-state index contributed by atoms with van der Waals surface area (Å²) in [5, 5.41) is 18.8. The van der Waals surface area contributed by atoms with Crippen LogP contribution in [-0.2, 0) is 4.79 Å². The van der Waals surface area contributed by atoms with Crippen LogP contribution in [0.25, 0.3) is 6.08 Å². The molecule has 1 aliphatic rings. The first-order valence-corrected chi connectivity index (χ1v) is 7.98. The molecule has 21 heavy (non-hydrogen) atoms. The average molecular weight is 396 g/mol. The van der Waals surface area contributed by atoms with Crippen molar-refractivity contribution in [2.75, 3.05) is 13.1 Å². The van der Waals surface area contributed by atoms with Crippen LogP contribution in [0.15, 0.2) is 23.8 Å². The summed E-state index contributed by atoms with van der Waals surface area (Å²) in [4.78, 5) is 14.1. The van der Waals surface area contributed by atoms with Gasteiger partial charge in [-0.15, -0.1) is 0 Å². The number of piperidine rings is 1. The average Bonchev–Trinajstić information content (AvgIpc) is 2.48. The van der Waals surface area contributed by atoms with Crippen LogP contribution in [0.1, 0.15) is 25.3 Å². The van der Waals surface area contributed by atoms with E-state index in [2.05, 4.69) is 6.92 Å². The minimum absolute atomic E-state index is 0.144. The molecule has 4 nitrogen and oxygen atoms in total. The molecular formula is C16H17IN2O2. The van der Waals surface area contributed by atoms with Crippen molar-refractivity contribution >= 4 is 34.6 Å². The molecule has 0 saturated carbocycles. The second-order valence-electron chi connectivity index (χ2n) is 5.36. The van der Waals surface area contributed by atoms with Crippen LogP contribution in [0, 0.1) is 20.8 Å². The Kier molecular flexibility index (Phi) is 5.23. The number of nitriles is 1. The lowest BCUT2D eigenvalue weighted by Crippen LogP contribution is -2.38. The Morgan fingerprint density at radius 2 is 2.14 bits per heavy atom. The third-order valence-corrected chi connectivity index (χ3v) is 4.57. The summed E-state index contributed by atoms with van der Waals surface area (Å²) in [6.07, 6.45) is 3.56. The van der Waals surface area contributed by atoms with Crippen LogP contribution in [0.4, 0.5) is 0 Å². The second kappa shape index (κ2) is 6.94. The van der Waals surface area contributed by atoms with Crippen molar-refractivity contribution in [1.82, 2.24) is 4.90 Å². The maximum atomic E-state index is 12.4. The van der Waals surface area contributed by atoms with E-state index in [9.17, 15) is 15.2 Å². The minimum Gasteiger partial charge on any atom is -0.507 e. The van der Waals surface area contributed by atoms with Gasteiger partial charge in [-0.05, 0) is 65.1 Å². The van der Waals surface area contributed by atoms with Crippen molar-refractivity contribution < 1.29 is 9.90 Å². The smallest absolute Gasteiger partial charge is 0.264 e. The van der Waals surface area contributed by atoms with Crippen molar-refractivity contribution in [3.63, 3.8) is 0 Å². The van der Waals surface area contributed by atoms with E-state index in [-0.39, 0.29) is 17.2 Å². The molecule has 2 rings (SSSR count).